The Morgan fingerprint density at radius 3 is 2.50 bits per heavy atom. The topological polar surface area (TPSA) is 110 Å². The number of nitrogen functional groups attached to an aromatic ring is 1. The molecular weight excluding hydrogens is 282 g/mol. The van der Waals surface area contributed by atoms with Gasteiger partial charge in [0.25, 0.3) is 0 Å². The Labute approximate surface area is 116 Å². The van der Waals surface area contributed by atoms with Crippen molar-refractivity contribution in [1.29, 1.82) is 0 Å². The second-order valence-corrected chi connectivity index (χ2v) is 6.55. The number of nitrogens with one attached hydrogen (secondary N) is 1. The van der Waals surface area contributed by atoms with Gasteiger partial charge in [0.15, 0.2) is 0 Å². The van der Waals surface area contributed by atoms with Gasteiger partial charge in [0.05, 0.1) is 12.3 Å². The predicted molar refractivity (Wildman–Crippen MR) is 72.8 cm³/mol. The Kier molecular flexibility index (Phi) is 3.78. The highest BCUT2D eigenvalue weighted by Gasteiger charge is 2.37. The minimum atomic E-state index is -3.75. The molecular formula is C12H15N3O4S. The first-order valence-electron chi connectivity index (χ1n) is 5.97. The Hall–Kier alpha value is -1.93. The summed E-state index contributed by atoms with van der Waals surface area (Å²) in [5, 5.41) is 2.10. The molecule has 2 amide bonds. The van der Waals surface area contributed by atoms with Crippen LogP contribution in [0.5, 0.6) is 0 Å². The van der Waals surface area contributed by atoms with Crippen LogP contribution in [0.3, 0.4) is 0 Å². The number of sulfonamides is 1. The van der Waals surface area contributed by atoms with E-state index >= 15 is 0 Å². The fourth-order valence-corrected chi connectivity index (χ4v) is 3.61. The van der Waals surface area contributed by atoms with E-state index in [-0.39, 0.29) is 12.3 Å². The third kappa shape index (κ3) is 2.97. The van der Waals surface area contributed by atoms with Gasteiger partial charge in [0.1, 0.15) is 6.04 Å². The number of hydrogen-bond donors (Lipinski definition) is 2. The van der Waals surface area contributed by atoms with Crippen LogP contribution in [0.25, 0.3) is 0 Å². The smallest absolute Gasteiger partial charge is 0.244 e. The second kappa shape index (κ2) is 5.22. The van der Waals surface area contributed by atoms with E-state index in [0.29, 0.717) is 11.3 Å². The fraction of sp³-hybridized carbons (Fsp3) is 0.333. The third-order valence-corrected chi connectivity index (χ3v) is 4.92. The summed E-state index contributed by atoms with van der Waals surface area (Å²) in [5.74, 6) is -1.51. The van der Waals surface area contributed by atoms with E-state index in [0.717, 1.165) is 4.31 Å². The number of carbonyl (C=O) groups excluding carboxylic acids is 2. The first kappa shape index (κ1) is 14.5. The highest BCUT2D eigenvalue weighted by Crippen LogP contribution is 2.17. The summed E-state index contributed by atoms with van der Waals surface area (Å²) >= 11 is 0. The highest BCUT2D eigenvalue weighted by molar-refractivity contribution is 7.88. The maximum absolute atomic E-state index is 12.3. The number of amides is 2. The quantitative estimate of drug-likeness (QED) is 0.574. The molecule has 0 bridgehead atoms. The fourth-order valence-electron chi connectivity index (χ4n) is 1.94. The molecule has 0 saturated carbocycles. The molecule has 1 unspecified atom stereocenters. The number of nitrogens with zero attached hydrogens (tertiary/aromatic N) is 1. The van der Waals surface area contributed by atoms with Crippen LogP contribution < -0.4 is 11.1 Å². The molecule has 1 aromatic carbocycles. The number of piperazine rings is 1. The molecule has 108 valence electrons. The van der Waals surface area contributed by atoms with Crippen molar-refractivity contribution >= 4 is 27.5 Å². The molecule has 1 atom stereocenters. The van der Waals surface area contributed by atoms with Crippen molar-refractivity contribution in [2.24, 2.45) is 0 Å². The van der Waals surface area contributed by atoms with Crippen LogP contribution in [0.1, 0.15) is 12.5 Å². The molecule has 1 aromatic rings. The predicted octanol–water partition coefficient (Wildman–Crippen LogP) is -0.554. The van der Waals surface area contributed by atoms with Gasteiger partial charge < -0.3 is 5.73 Å². The van der Waals surface area contributed by atoms with E-state index in [4.69, 9.17) is 5.73 Å². The third-order valence-electron chi connectivity index (χ3n) is 3.06. The number of imide groups is 1. The van der Waals surface area contributed by atoms with Crippen LogP contribution >= 0.6 is 0 Å². The Morgan fingerprint density at radius 2 is 1.90 bits per heavy atom. The first-order valence-corrected chi connectivity index (χ1v) is 7.58. The molecule has 0 spiro atoms. The largest absolute Gasteiger partial charge is 0.399 e. The molecule has 1 heterocycles. The van der Waals surface area contributed by atoms with Gasteiger partial charge in [-0.05, 0) is 24.6 Å². The van der Waals surface area contributed by atoms with Gasteiger partial charge in [-0.2, -0.15) is 4.31 Å². The van der Waals surface area contributed by atoms with Crippen molar-refractivity contribution in [2.75, 3.05) is 12.3 Å². The van der Waals surface area contributed by atoms with Gasteiger partial charge in [-0.15, -0.1) is 0 Å². The number of benzene rings is 1. The molecule has 1 aliphatic rings. The number of carbonyl (C=O) groups is 2. The van der Waals surface area contributed by atoms with Gasteiger partial charge in [0.2, 0.25) is 21.8 Å². The molecule has 0 aromatic heterocycles. The van der Waals surface area contributed by atoms with E-state index in [1.165, 1.54) is 6.92 Å². The van der Waals surface area contributed by atoms with Crippen molar-refractivity contribution in [3.05, 3.63) is 29.8 Å². The van der Waals surface area contributed by atoms with Crippen LogP contribution in [-0.2, 0) is 25.4 Å². The lowest BCUT2D eigenvalue weighted by atomic mass is 10.2. The monoisotopic (exact) mass is 297 g/mol. The molecule has 20 heavy (non-hydrogen) atoms. The van der Waals surface area contributed by atoms with Gasteiger partial charge in [-0.1, -0.05) is 12.1 Å². The molecule has 1 saturated heterocycles. The maximum Gasteiger partial charge on any atom is 0.244 e. The summed E-state index contributed by atoms with van der Waals surface area (Å²) in [6, 6.07) is 5.50. The van der Waals surface area contributed by atoms with Crippen LogP contribution in [0, 0.1) is 0 Å². The molecule has 8 heteroatoms. The summed E-state index contributed by atoms with van der Waals surface area (Å²) in [7, 11) is -3.75. The van der Waals surface area contributed by atoms with Crippen LogP contribution in [0.4, 0.5) is 5.69 Å². The van der Waals surface area contributed by atoms with Crippen LogP contribution in [-0.4, -0.2) is 37.1 Å². The Morgan fingerprint density at radius 1 is 1.30 bits per heavy atom. The van der Waals surface area contributed by atoms with Crippen molar-refractivity contribution < 1.29 is 18.0 Å². The number of anilines is 1. The zero-order valence-corrected chi connectivity index (χ0v) is 11.7. The molecule has 3 N–H and O–H groups in total. The number of hydrogen-bond acceptors (Lipinski definition) is 5. The minimum Gasteiger partial charge on any atom is -0.399 e. The van der Waals surface area contributed by atoms with Gasteiger partial charge in [-0.3, -0.25) is 14.9 Å². The van der Waals surface area contributed by atoms with Gasteiger partial charge >= 0.3 is 0 Å². The average Bonchev–Trinajstić information content (AvgIpc) is 2.36. The molecule has 0 radical (unpaired) electrons. The normalized spacial score (nSPS) is 20.8. The van der Waals surface area contributed by atoms with E-state index < -0.39 is 27.9 Å². The molecule has 0 aliphatic carbocycles. The van der Waals surface area contributed by atoms with Gasteiger partial charge in [0, 0.05) is 5.69 Å². The van der Waals surface area contributed by atoms with Crippen molar-refractivity contribution in [3.8, 4) is 0 Å². The Bertz CT molecular complexity index is 639. The van der Waals surface area contributed by atoms with Gasteiger partial charge in [-0.25, -0.2) is 8.42 Å². The molecule has 7 nitrogen and oxygen atoms in total. The van der Waals surface area contributed by atoms with Crippen LogP contribution in [0.2, 0.25) is 0 Å². The molecule has 2 rings (SSSR count). The molecule has 1 aliphatic heterocycles. The lowest BCUT2D eigenvalue weighted by molar-refractivity contribution is -0.136. The van der Waals surface area contributed by atoms with Crippen molar-refractivity contribution in [3.63, 3.8) is 0 Å². The number of rotatable bonds is 3. The molecule has 1 fully saturated rings. The standard InChI is InChI=1S/C12H15N3O4S/c1-8-12(17)14-11(16)6-15(8)20(18,19)7-9-2-4-10(13)5-3-9/h2-5,8H,6-7,13H2,1H3,(H,14,16,17). The summed E-state index contributed by atoms with van der Waals surface area (Å²) in [4.78, 5) is 22.8. The zero-order valence-electron chi connectivity index (χ0n) is 10.9. The van der Waals surface area contributed by atoms with E-state index in [9.17, 15) is 18.0 Å². The summed E-state index contributed by atoms with van der Waals surface area (Å²) in [6.45, 7) is 1.10. The second-order valence-electron chi connectivity index (χ2n) is 4.63. The van der Waals surface area contributed by atoms with Crippen molar-refractivity contribution in [2.45, 2.75) is 18.7 Å². The summed E-state index contributed by atoms with van der Waals surface area (Å²) < 4.78 is 25.5. The lowest BCUT2D eigenvalue weighted by Gasteiger charge is -2.30. The Balaban J connectivity index is 2.23. The average molecular weight is 297 g/mol. The summed E-state index contributed by atoms with van der Waals surface area (Å²) in [6.07, 6.45) is 0. The van der Waals surface area contributed by atoms with E-state index in [1.54, 1.807) is 24.3 Å². The maximum atomic E-state index is 12.3. The minimum absolute atomic E-state index is 0.280. The zero-order chi connectivity index (χ0) is 14.9. The summed E-state index contributed by atoms with van der Waals surface area (Å²) in [5.41, 5.74) is 6.61. The SMILES string of the molecule is CC1C(=O)NC(=O)CN1S(=O)(=O)Cc1ccc(N)cc1. The van der Waals surface area contributed by atoms with E-state index in [1.807, 2.05) is 0 Å². The lowest BCUT2D eigenvalue weighted by Crippen LogP contribution is -2.58. The van der Waals surface area contributed by atoms with Crippen molar-refractivity contribution in [1.82, 2.24) is 9.62 Å². The van der Waals surface area contributed by atoms with Crippen LogP contribution in [0.15, 0.2) is 24.3 Å². The first-order chi connectivity index (χ1) is 9.29. The highest BCUT2D eigenvalue weighted by atomic mass is 32.2. The van der Waals surface area contributed by atoms with E-state index in [2.05, 4.69) is 5.32 Å². The number of nitrogens with two attached hydrogens (primary N) is 1.